The Bertz CT molecular complexity index is 1190. The molecule has 2 aromatic carbocycles. The summed E-state index contributed by atoms with van der Waals surface area (Å²) in [6.45, 7) is 3.96. The van der Waals surface area contributed by atoms with Gasteiger partial charge in [0.25, 0.3) is 11.7 Å². The number of ether oxygens (including phenoxy) is 1. The number of ketones is 1. The first-order valence-corrected chi connectivity index (χ1v) is 10.6. The number of aliphatic hydroxyl groups is 1. The highest BCUT2D eigenvalue weighted by Crippen LogP contribution is 2.40. The van der Waals surface area contributed by atoms with Crippen molar-refractivity contribution in [2.24, 2.45) is 0 Å². The van der Waals surface area contributed by atoms with Crippen LogP contribution in [0.25, 0.3) is 5.76 Å². The van der Waals surface area contributed by atoms with Gasteiger partial charge in [0.15, 0.2) is 0 Å². The number of rotatable bonds is 6. The van der Waals surface area contributed by atoms with E-state index in [0.29, 0.717) is 16.9 Å². The number of hydrogen-bond donors (Lipinski definition) is 2. The number of pyridine rings is 1. The third-order valence-corrected chi connectivity index (χ3v) is 5.32. The summed E-state index contributed by atoms with van der Waals surface area (Å²) in [6, 6.07) is 15.7. The molecule has 7 heteroatoms. The van der Waals surface area contributed by atoms with Gasteiger partial charge in [-0.25, -0.2) is 0 Å². The van der Waals surface area contributed by atoms with Crippen molar-refractivity contribution in [1.29, 1.82) is 0 Å². The molecule has 2 N–H and O–H groups in total. The van der Waals surface area contributed by atoms with Gasteiger partial charge in [-0.1, -0.05) is 18.2 Å². The average molecular weight is 444 g/mol. The number of aromatic hydroxyl groups is 1. The Balaban J connectivity index is 1.79. The molecular formula is C26H24N2O5. The van der Waals surface area contributed by atoms with Gasteiger partial charge in [-0.15, -0.1) is 0 Å². The lowest BCUT2D eigenvalue weighted by Crippen LogP contribution is -2.29. The van der Waals surface area contributed by atoms with E-state index in [1.807, 2.05) is 19.9 Å². The Morgan fingerprint density at radius 3 is 2.36 bits per heavy atom. The second-order valence-electron chi connectivity index (χ2n) is 8.07. The van der Waals surface area contributed by atoms with Crippen LogP contribution in [0.4, 0.5) is 0 Å². The molecule has 0 bridgehead atoms. The van der Waals surface area contributed by atoms with Crippen molar-refractivity contribution in [2.75, 3.05) is 0 Å². The number of carbonyl (C=O) groups excluding carboxylic acids is 2. The Morgan fingerprint density at radius 1 is 1.06 bits per heavy atom. The van der Waals surface area contributed by atoms with Crippen molar-refractivity contribution >= 4 is 17.4 Å². The lowest BCUT2D eigenvalue weighted by molar-refractivity contribution is -0.140. The lowest BCUT2D eigenvalue weighted by atomic mass is 9.95. The Morgan fingerprint density at radius 2 is 1.76 bits per heavy atom. The van der Waals surface area contributed by atoms with Crippen LogP contribution in [0, 0.1) is 0 Å². The minimum atomic E-state index is -0.822. The van der Waals surface area contributed by atoms with Crippen molar-refractivity contribution < 1.29 is 24.5 Å². The van der Waals surface area contributed by atoms with Gasteiger partial charge in [0, 0.05) is 24.5 Å². The number of carbonyl (C=O) groups is 2. The van der Waals surface area contributed by atoms with E-state index in [-0.39, 0.29) is 29.7 Å². The van der Waals surface area contributed by atoms with Gasteiger partial charge in [-0.05, 0) is 67.4 Å². The minimum Gasteiger partial charge on any atom is -0.508 e. The number of aliphatic hydroxyl groups excluding tert-OH is 1. The van der Waals surface area contributed by atoms with E-state index in [1.54, 1.807) is 54.9 Å². The Kier molecular flexibility index (Phi) is 6.13. The molecule has 33 heavy (non-hydrogen) atoms. The molecule has 0 radical (unpaired) electrons. The summed E-state index contributed by atoms with van der Waals surface area (Å²) in [4.78, 5) is 31.6. The standard InChI is InChI=1S/C26H24N2O5/c1-16(2)33-21-11-7-19(8-12-21)24(30)22-23(18-5-9-20(29)10-6-18)28(26(32)25(22)31)15-17-4-3-13-27-14-17/h3-14,16,23,29-30H,15H2,1-2H3/t23-/m0/s1. The number of likely N-dealkylation sites (tertiary alicyclic amines) is 1. The molecule has 1 amide bonds. The molecule has 1 aliphatic heterocycles. The molecule has 1 atom stereocenters. The fourth-order valence-electron chi connectivity index (χ4n) is 3.85. The number of Topliss-reactive ketones (excluding diaryl/α,β-unsaturated/α-hetero) is 1. The van der Waals surface area contributed by atoms with Crippen molar-refractivity contribution in [2.45, 2.75) is 32.5 Å². The van der Waals surface area contributed by atoms with Gasteiger partial charge in [0.2, 0.25) is 0 Å². The molecule has 168 valence electrons. The van der Waals surface area contributed by atoms with Gasteiger partial charge in [0.05, 0.1) is 17.7 Å². The Labute approximate surface area is 191 Å². The molecule has 0 saturated carbocycles. The van der Waals surface area contributed by atoms with E-state index >= 15 is 0 Å². The fraction of sp³-hybridized carbons (Fsp3) is 0.192. The SMILES string of the molecule is CC(C)Oc1ccc(C(O)=C2C(=O)C(=O)N(Cc3cccnc3)[C@H]2c2ccc(O)cc2)cc1. The summed E-state index contributed by atoms with van der Waals surface area (Å²) in [5, 5.41) is 20.8. The summed E-state index contributed by atoms with van der Waals surface area (Å²) in [5.74, 6) is -1.05. The van der Waals surface area contributed by atoms with Crippen LogP contribution in [-0.2, 0) is 16.1 Å². The quantitative estimate of drug-likeness (QED) is 0.336. The Hall–Kier alpha value is -4.13. The predicted octanol–water partition coefficient (Wildman–Crippen LogP) is 4.20. The summed E-state index contributed by atoms with van der Waals surface area (Å²) >= 11 is 0. The summed E-state index contributed by atoms with van der Waals surface area (Å²) in [7, 11) is 0. The highest BCUT2D eigenvalue weighted by Gasteiger charge is 2.46. The summed E-state index contributed by atoms with van der Waals surface area (Å²) in [5.41, 5.74) is 1.73. The van der Waals surface area contributed by atoms with Crippen LogP contribution >= 0.6 is 0 Å². The molecule has 0 aliphatic carbocycles. The maximum atomic E-state index is 13.1. The van der Waals surface area contributed by atoms with Crippen LogP contribution in [0.2, 0.25) is 0 Å². The first-order chi connectivity index (χ1) is 15.8. The van der Waals surface area contributed by atoms with E-state index in [9.17, 15) is 19.8 Å². The van der Waals surface area contributed by atoms with Crippen molar-refractivity contribution in [3.8, 4) is 11.5 Å². The number of phenolic OH excluding ortho intramolecular Hbond substituents is 1. The number of hydrogen-bond acceptors (Lipinski definition) is 6. The van der Waals surface area contributed by atoms with E-state index in [1.165, 1.54) is 17.0 Å². The van der Waals surface area contributed by atoms with Gasteiger partial charge in [-0.2, -0.15) is 0 Å². The van der Waals surface area contributed by atoms with Crippen LogP contribution in [0.1, 0.15) is 36.6 Å². The monoisotopic (exact) mass is 444 g/mol. The highest BCUT2D eigenvalue weighted by atomic mass is 16.5. The van der Waals surface area contributed by atoms with E-state index < -0.39 is 17.7 Å². The normalized spacial score (nSPS) is 17.5. The maximum Gasteiger partial charge on any atom is 0.295 e. The first-order valence-electron chi connectivity index (χ1n) is 10.6. The zero-order valence-electron chi connectivity index (χ0n) is 18.3. The van der Waals surface area contributed by atoms with Crippen LogP contribution < -0.4 is 4.74 Å². The molecule has 1 aliphatic rings. The third kappa shape index (κ3) is 4.57. The zero-order valence-corrected chi connectivity index (χ0v) is 18.3. The summed E-state index contributed by atoms with van der Waals surface area (Å²) < 4.78 is 5.64. The van der Waals surface area contributed by atoms with Crippen molar-refractivity contribution in [3.05, 3.63) is 95.3 Å². The zero-order chi connectivity index (χ0) is 23.5. The van der Waals surface area contributed by atoms with Gasteiger partial charge in [-0.3, -0.25) is 14.6 Å². The summed E-state index contributed by atoms with van der Waals surface area (Å²) in [6.07, 6.45) is 3.25. The van der Waals surface area contributed by atoms with Gasteiger partial charge in [0.1, 0.15) is 17.3 Å². The molecule has 7 nitrogen and oxygen atoms in total. The first kappa shape index (κ1) is 22.1. The van der Waals surface area contributed by atoms with E-state index in [2.05, 4.69) is 4.98 Å². The minimum absolute atomic E-state index is 0.00301. The second-order valence-corrected chi connectivity index (χ2v) is 8.07. The van der Waals surface area contributed by atoms with Crippen molar-refractivity contribution in [3.63, 3.8) is 0 Å². The van der Waals surface area contributed by atoms with Crippen molar-refractivity contribution in [1.82, 2.24) is 9.88 Å². The number of phenols is 1. The number of amides is 1. The molecule has 0 unspecified atom stereocenters. The maximum absolute atomic E-state index is 13.1. The number of benzene rings is 2. The molecule has 0 spiro atoms. The van der Waals surface area contributed by atoms with Crippen LogP contribution in [0.3, 0.4) is 0 Å². The topological polar surface area (TPSA) is 100.0 Å². The van der Waals surface area contributed by atoms with Crippen LogP contribution in [0.5, 0.6) is 11.5 Å². The average Bonchev–Trinajstić information content (AvgIpc) is 3.05. The molecule has 4 rings (SSSR count). The van der Waals surface area contributed by atoms with Gasteiger partial charge >= 0.3 is 0 Å². The number of aromatic nitrogens is 1. The van der Waals surface area contributed by atoms with E-state index in [4.69, 9.17) is 4.74 Å². The van der Waals surface area contributed by atoms with E-state index in [0.717, 1.165) is 5.56 Å². The molecule has 1 aromatic heterocycles. The molecular weight excluding hydrogens is 420 g/mol. The van der Waals surface area contributed by atoms with Crippen LogP contribution in [-0.4, -0.2) is 37.9 Å². The van der Waals surface area contributed by atoms with Crippen LogP contribution in [0.15, 0.2) is 78.6 Å². The second kappa shape index (κ2) is 9.16. The third-order valence-electron chi connectivity index (χ3n) is 5.32. The highest BCUT2D eigenvalue weighted by molar-refractivity contribution is 6.46. The van der Waals surface area contributed by atoms with Gasteiger partial charge < -0.3 is 19.8 Å². The molecule has 2 heterocycles. The predicted molar refractivity (Wildman–Crippen MR) is 122 cm³/mol. The fourth-order valence-corrected chi connectivity index (χ4v) is 3.85. The number of nitrogens with zero attached hydrogens (tertiary/aromatic N) is 2. The smallest absolute Gasteiger partial charge is 0.295 e. The largest absolute Gasteiger partial charge is 0.508 e. The molecule has 1 saturated heterocycles. The molecule has 1 fully saturated rings. The molecule has 3 aromatic rings. The lowest BCUT2D eigenvalue weighted by Gasteiger charge is -2.25.